The number of hydrogen-bond acceptors (Lipinski definition) is 4. The van der Waals surface area contributed by atoms with Gasteiger partial charge < -0.3 is 9.47 Å². The molecule has 1 atom stereocenters. The minimum atomic E-state index is -3.83. The van der Waals surface area contributed by atoms with Gasteiger partial charge in [0.2, 0.25) is 10.0 Å². The van der Waals surface area contributed by atoms with E-state index in [1.54, 1.807) is 11.9 Å². The van der Waals surface area contributed by atoms with E-state index in [0.717, 1.165) is 26.1 Å². The van der Waals surface area contributed by atoms with Crippen LogP contribution in [0.3, 0.4) is 0 Å². The number of nitrogens with zero attached hydrogens (tertiary/aromatic N) is 3. The quantitative estimate of drug-likeness (QED) is 0.760. The highest BCUT2D eigenvalue weighted by Crippen LogP contribution is 2.21. The highest BCUT2D eigenvalue weighted by Gasteiger charge is 2.27. The zero-order chi connectivity index (χ0) is 20.3. The third kappa shape index (κ3) is 4.81. The summed E-state index contributed by atoms with van der Waals surface area (Å²) < 4.78 is 24.6. The number of likely N-dealkylation sites (tertiary alicyclic amines) is 1. The second kappa shape index (κ2) is 8.46. The van der Waals surface area contributed by atoms with E-state index < -0.39 is 10.0 Å². The van der Waals surface area contributed by atoms with Crippen molar-refractivity contribution in [1.29, 1.82) is 0 Å². The van der Waals surface area contributed by atoms with Gasteiger partial charge in [-0.15, -0.1) is 0 Å². The summed E-state index contributed by atoms with van der Waals surface area (Å²) in [5.74, 6) is 0.243. The van der Waals surface area contributed by atoms with Crippen LogP contribution in [0.5, 0.6) is 0 Å². The monoisotopic (exact) mass is 404 g/mol. The Kier molecular flexibility index (Phi) is 6.22. The Morgan fingerprint density at radius 1 is 1.29 bits per heavy atom. The number of aromatic nitrogens is 1. The minimum Gasteiger partial charge on any atom is -0.345 e. The number of benzene rings is 1. The first-order chi connectivity index (χ1) is 13.3. The lowest BCUT2D eigenvalue weighted by Crippen LogP contribution is -2.37. The molecule has 1 aromatic carbocycles. The number of rotatable bonds is 7. The van der Waals surface area contributed by atoms with E-state index >= 15 is 0 Å². The summed E-state index contributed by atoms with van der Waals surface area (Å²) in [4.78, 5) is 17.1. The molecule has 8 heteroatoms. The number of carbonyl (C=O) groups is 1. The SMILES string of the molecule is CCN(CC1CCN(Cc2ccccc2)C1)C(=O)c1cc(S(N)(=O)=O)cn1C. The smallest absolute Gasteiger partial charge is 0.270 e. The van der Waals surface area contributed by atoms with Gasteiger partial charge in [-0.3, -0.25) is 9.69 Å². The molecule has 1 aromatic heterocycles. The first-order valence-electron chi connectivity index (χ1n) is 9.52. The minimum absolute atomic E-state index is 0.0377. The van der Waals surface area contributed by atoms with Crippen molar-refractivity contribution in [2.45, 2.75) is 24.8 Å². The Balaban J connectivity index is 1.63. The molecule has 0 bridgehead atoms. The first kappa shape index (κ1) is 20.6. The van der Waals surface area contributed by atoms with Crippen LogP contribution in [0, 0.1) is 5.92 Å². The van der Waals surface area contributed by atoms with Gasteiger partial charge >= 0.3 is 0 Å². The maximum absolute atomic E-state index is 13.0. The van der Waals surface area contributed by atoms with E-state index in [9.17, 15) is 13.2 Å². The Labute approximate surface area is 166 Å². The lowest BCUT2D eigenvalue weighted by Gasteiger charge is -2.25. The molecule has 0 radical (unpaired) electrons. The molecule has 1 amide bonds. The molecule has 1 fully saturated rings. The van der Waals surface area contributed by atoms with Crippen LogP contribution >= 0.6 is 0 Å². The molecule has 3 rings (SSSR count). The zero-order valence-electron chi connectivity index (χ0n) is 16.4. The van der Waals surface area contributed by atoms with Crippen molar-refractivity contribution in [3.8, 4) is 0 Å². The van der Waals surface area contributed by atoms with Crippen molar-refractivity contribution in [3.63, 3.8) is 0 Å². The van der Waals surface area contributed by atoms with Gasteiger partial charge in [-0.2, -0.15) is 0 Å². The van der Waals surface area contributed by atoms with E-state index in [2.05, 4.69) is 29.2 Å². The van der Waals surface area contributed by atoms with Gasteiger partial charge in [0.15, 0.2) is 0 Å². The van der Waals surface area contributed by atoms with Gasteiger partial charge in [-0.25, -0.2) is 13.6 Å². The standard InChI is InChI=1S/C20H28N4O3S/c1-3-24(20(25)19-11-18(15-22(19)2)28(21,26)27)14-17-9-10-23(13-17)12-16-7-5-4-6-8-16/h4-8,11,15,17H,3,9-10,12-14H2,1-2H3,(H2,21,26,27). The Hall–Kier alpha value is -2.16. The van der Waals surface area contributed by atoms with Gasteiger partial charge in [0, 0.05) is 39.4 Å². The lowest BCUT2D eigenvalue weighted by molar-refractivity contribution is 0.0729. The summed E-state index contributed by atoms with van der Waals surface area (Å²) in [5.41, 5.74) is 1.64. The number of carbonyl (C=O) groups excluding carboxylic acids is 1. The second-order valence-corrected chi connectivity index (χ2v) is 9.00. The van der Waals surface area contributed by atoms with Crippen LogP contribution in [0.1, 0.15) is 29.4 Å². The molecular weight excluding hydrogens is 376 g/mol. The highest BCUT2D eigenvalue weighted by molar-refractivity contribution is 7.89. The molecule has 7 nitrogen and oxygen atoms in total. The molecule has 1 aliphatic heterocycles. The van der Waals surface area contributed by atoms with Crippen molar-refractivity contribution < 1.29 is 13.2 Å². The summed E-state index contributed by atoms with van der Waals surface area (Å²) in [6, 6.07) is 11.7. The zero-order valence-corrected chi connectivity index (χ0v) is 17.2. The fraction of sp³-hybridized carbons (Fsp3) is 0.450. The van der Waals surface area contributed by atoms with Crippen LogP contribution in [0.4, 0.5) is 0 Å². The van der Waals surface area contributed by atoms with Crippen molar-refractivity contribution in [2.24, 2.45) is 18.1 Å². The number of amides is 1. The maximum Gasteiger partial charge on any atom is 0.270 e. The highest BCUT2D eigenvalue weighted by atomic mass is 32.2. The number of aryl methyl sites for hydroxylation is 1. The van der Waals surface area contributed by atoms with Crippen LogP contribution in [-0.2, 0) is 23.6 Å². The van der Waals surface area contributed by atoms with E-state index in [0.29, 0.717) is 24.7 Å². The third-order valence-corrected chi connectivity index (χ3v) is 6.17. The molecular formula is C20H28N4O3S. The average Bonchev–Trinajstić information content (AvgIpc) is 3.26. The molecule has 2 aromatic rings. The molecule has 1 aliphatic rings. The van der Waals surface area contributed by atoms with Gasteiger partial charge in [-0.05, 0) is 37.4 Å². The Morgan fingerprint density at radius 3 is 2.61 bits per heavy atom. The summed E-state index contributed by atoms with van der Waals surface area (Å²) in [6.07, 6.45) is 2.43. The fourth-order valence-corrected chi connectivity index (χ4v) is 4.36. The predicted octanol–water partition coefficient (Wildman–Crippen LogP) is 1.66. The van der Waals surface area contributed by atoms with E-state index in [4.69, 9.17) is 5.14 Å². The third-order valence-electron chi connectivity index (χ3n) is 5.29. The molecule has 0 spiro atoms. The number of hydrogen-bond donors (Lipinski definition) is 1. The molecule has 28 heavy (non-hydrogen) atoms. The molecule has 1 saturated heterocycles. The summed E-state index contributed by atoms with van der Waals surface area (Å²) in [5, 5.41) is 5.19. The van der Waals surface area contributed by atoms with Crippen LogP contribution in [0.2, 0.25) is 0 Å². The van der Waals surface area contributed by atoms with E-state index in [1.807, 2.05) is 13.0 Å². The number of sulfonamides is 1. The maximum atomic E-state index is 13.0. The fourth-order valence-electron chi connectivity index (χ4n) is 3.78. The van der Waals surface area contributed by atoms with Crippen molar-refractivity contribution in [2.75, 3.05) is 26.2 Å². The largest absolute Gasteiger partial charge is 0.345 e. The Morgan fingerprint density at radius 2 is 2.00 bits per heavy atom. The first-order valence-corrected chi connectivity index (χ1v) is 11.1. The average molecular weight is 405 g/mol. The van der Waals surface area contributed by atoms with Gasteiger partial charge in [-0.1, -0.05) is 30.3 Å². The van der Waals surface area contributed by atoms with Gasteiger partial charge in [0.1, 0.15) is 10.6 Å². The van der Waals surface area contributed by atoms with Gasteiger partial charge in [0.05, 0.1) is 0 Å². The molecule has 2 N–H and O–H groups in total. The lowest BCUT2D eigenvalue weighted by atomic mass is 10.1. The molecule has 2 heterocycles. The normalized spacial score (nSPS) is 17.8. The van der Waals surface area contributed by atoms with E-state index in [1.165, 1.54) is 22.4 Å². The van der Waals surface area contributed by atoms with Crippen LogP contribution in [0.25, 0.3) is 0 Å². The molecule has 0 aliphatic carbocycles. The molecule has 152 valence electrons. The van der Waals surface area contributed by atoms with E-state index in [-0.39, 0.29) is 10.8 Å². The predicted molar refractivity (Wildman–Crippen MR) is 108 cm³/mol. The van der Waals surface area contributed by atoms with Crippen molar-refractivity contribution in [1.82, 2.24) is 14.4 Å². The number of nitrogens with two attached hydrogens (primary N) is 1. The molecule has 1 unspecified atom stereocenters. The van der Waals surface area contributed by atoms with Crippen molar-refractivity contribution >= 4 is 15.9 Å². The summed E-state index contributed by atoms with van der Waals surface area (Å²) in [7, 11) is -2.17. The van der Waals surface area contributed by atoms with Crippen molar-refractivity contribution in [3.05, 3.63) is 53.9 Å². The number of primary sulfonamides is 1. The molecule has 0 saturated carbocycles. The van der Waals surface area contributed by atoms with Crippen LogP contribution in [0.15, 0.2) is 47.5 Å². The second-order valence-electron chi connectivity index (χ2n) is 7.44. The summed E-state index contributed by atoms with van der Waals surface area (Å²) in [6.45, 7) is 6.07. The summed E-state index contributed by atoms with van der Waals surface area (Å²) >= 11 is 0. The van der Waals surface area contributed by atoms with Crippen LogP contribution in [-0.4, -0.2) is 54.9 Å². The van der Waals surface area contributed by atoms with Gasteiger partial charge in [0.25, 0.3) is 5.91 Å². The topological polar surface area (TPSA) is 88.6 Å². The van der Waals surface area contributed by atoms with Crippen LogP contribution < -0.4 is 5.14 Å². The Bertz CT molecular complexity index is 924.